The highest BCUT2D eigenvalue weighted by molar-refractivity contribution is 5.93. The molecule has 2 fully saturated rings. The van der Waals surface area contributed by atoms with Gasteiger partial charge in [-0.25, -0.2) is 4.39 Å². The Balaban J connectivity index is 1.44. The van der Waals surface area contributed by atoms with Crippen LogP contribution in [0.5, 0.6) is 0 Å². The molecule has 1 aromatic carbocycles. The molecule has 1 saturated carbocycles. The molecule has 1 atom stereocenters. The van der Waals surface area contributed by atoms with Gasteiger partial charge in [0.2, 0.25) is 17.3 Å². The predicted octanol–water partition coefficient (Wildman–Crippen LogP) is 2.68. The van der Waals surface area contributed by atoms with E-state index >= 15 is 0 Å². The number of aromatic nitrogens is 3. The summed E-state index contributed by atoms with van der Waals surface area (Å²) in [6, 6.07) is 8.25. The maximum Gasteiger partial charge on any atom is 0.313 e. The van der Waals surface area contributed by atoms with Crippen LogP contribution < -0.4 is 4.57 Å². The maximum absolute atomic E-state index is 13.5. The van der Waals surface area contributed by atoms with E-state index in [1.54, 1.807) is 29.8 Å². The van der Waals surface area contributed by atoms with E-state index in [-0.39, 0.29) is 29.5 Å². The molecule has 3 aromatic rings. The van der Waals surface area contributed by atoms with Crippen molar-refractivity contribution in [3.8, 4) is 11.3 Å². The number of benzene rings is 1. The molecule has 2 aliphatic heterocycles. The van der Waals surface area contributed by atoms with Crippen LogP contribution in [-0.2, 0) is 10.5 Å². The zero-order valence-corrected chi connectivity index (χ0v) is 21.0. The van der Waals surface area contributed by atoms with Crippen LogP contribution in [-0.4, -0.2) is 61.6 Å². The summed E-state index contributed by atoms with van der Waals surface area (Å²) in [6.07, 6.45) is 2.72. The van der Waals surface area contributed by atoms with E-state index in [1.807, 2.05) is 27.4 Å². The molecule has 1 aliphatic carbocycles. The van der Waals surface area contributed by atoms with Gasteiger partial charge in [0.05, 0.1) is 12.1 Å². The number of carbonyl (C=O) groups excluding carboxylic acids is 2. The Morgan fingerprint density at radius 3 is 2.53 bits per heavy atom. The minimum Gasteiger partial charge on any atom is -0.390 e. The molecule has 3 aliphatic rings. The predicted molar refractivity (Wildman–Crippen MR) is 129 cm³/mol. The number of amides is 2. The Bertz CT molecular complexity index is 1410. The second-order valence-electron chi connectivity index (χ2n) is 11.3. The van der Waals surface area contributed by atoms with E-state index in [0.29, 0.717) is 43.9 Å². The van der Waals surface area contributed by atoms with Crippen LogP contribution in [0.3, 0.4) is 0 Å². The molecular weight excluding hydrogens is 461 g/mol. The molecule has 36 heavy (non-hydrogen) atoms. The average molecular weight is 493 g/mol. The molecule has 4 heterocycles. The fourth-order valence-corrected chi connectivity index (χ4v) is 6.23. The first-order chi connectivity index (χ1) is 17.0. The fourth-order valence-electron chi connectivity index (χ4n) is 6.23. The summed E-state index contributed by atoms with van der Waals surface area (Å²) in [5.74, 6) is -0.367. The molecule has 0 spiro atoms. The van der Waals surface area contributed by atoms with Crippen LogP contribution in [0.4, 0.5) is 4.39 Å². The van der Waals surface area contributed by atoms with E-state index in [9.17, 15) is 19.1 Å². The zero-order chi connectivity index (χ0) is 25.6. The summed E-state index contributed by atoms with van der Waals surface area (Å²) >= 11 is 0. The first kappa shape index (κ1) is 23.1. The number of hydrogen-bond donors (Lipinski definition) is 1. The summed E-state index contributed by atoms with van der Waals surface area (Å²) in [5, 5.41) is 14.9. The van der Waals surface area contributed by atoms with Gasteiger partial charge in [-0.3, -0.25) is 14.5 Å². The molecule has 2 amide bonds. The largest absolute Gasteiger partial charge is 0.390 e. The van der Waals surface area contributed by atoms with E-state index in [2.05, 4.69) is 13.8 Å². The van der Waals surface area contributed by atoms with Gasteiger partial charge >= 0.3 is 11.6 Å². The summed E-state index contributed by atoms with van der Waals surface area (Å²) < 4.78 is 17.3. The van der Waals surface area contributed by atoms with Gasteiger partial charge in [0, 0.05) is 37.1 Å². The van der Waals surface area contributed by atoms with Crippen molar-refractivity contribution in [2.45, 2.75) is 57.7 Å². The van der Waals surface area contributed by atoms with Crippen molar-refractivity contribution in [1.82, 2.24) is 19.4 Å². The molecule has 2 aromatic heterocycles. The standard InChI is InChI=1S/C27H31FN5O3/c1-16(2)20-11-21(17-5-7-19(28)8-6-17)29-32-14-22-25(35)31-10-9-30(15-27(31,4)33(22)23(20)32)24(34)18-12-26(3,36)13-18/h5-8,11,14,16,18,36H,9-10,12-13,15H2,1-4H3/q+1. The molecular formula is C27H31FN5O3+. The van der Waals surface area contributed by atoms with Gasteiger partial charge in [-0.05, 0) is 56.0 Å². The van der Waals surface area contributed by atoms with E-state index < -0.39 is 11.3 Å². The Hall–Kier alpha value is -3.33. The topological polar surface area (TPSA) is 82.0 Å². The minimum absolute atomic E-state index is 0.0493. The monoisotopic (exact) mass is 492 g/mol. The number of nitrogens with zero attached hydrogens (tertiary/aromatic N) is 5. The third kappa shape index (κ3) is 3.28. The molecule has 188 valence electrons. The van der Waals surface area contributed by atoms with Gasteiger partial charge in [0.25, 0.3) is 0 Å². The van der Waals surface area contributed by atoms with Crippen LogP contribution in [0, 0.1) is 11.7 Å². The van der Waals surface area contributed by atoms with Crippen LogP contribution in [0.1, 0.15) is 62.5 Å². The SMILES string of the molecule is CC(C)c1cc(-c2ccc(F)cc2)nn2cc3[n+](c12)C1(C)CN(C(=O)C2CC(C)(O)C2)CCN1C3=O. The Kier molecular flexibility index (Phi) is 4.87. The average Bonchev–Trinajstić information content (AvgIpc) is 3.30. The van der Waals surface area contributed by atoms with Crippen molar-refractivity contribution in [3.63, 3.8) is 0 Å². The van der Waals surface area contributed by atoms with E-state index in [0.717, 1.165) is 16.8 Å². The summed E-state index contributed by atoms with van der Waals surface area (Å²) in [7, 11) is 0. The highest BCUT2D eigenvalue weighted by Crippen LogP contribution is 2.40. The molecule has 0 bridgehead atoms. The maximum atomic E-state index is 13.5. The molecule has 0 radical (unpaired) electrons. The van der Waals surface area contributed by atoms with Crippen molar-refractivity contribution < 1.29 is 23.7 Å². The summed E-state index contributed by atoms with van der Waals surface area (Å²) in [4.78, 5) is 30.5. The van der Waals surface area contributed by atoms with Crippen LogP contribution in [0.2, 0.25) is 0 Å². The third-order valence-electron chi connectivity index (χ3n) is 8.09. The quantitative estimate of drug-likeness (QED) is 0.570. The summed E-state index contributed by atoms with van der Waals surface area (Å²) in [6.45, 7) is 9.29. The zero-order valence-electron chi connectivity index (χ0n) is 21.0. The van der Waals surface area contributed by atoms with Crippen molar-refractivity contribution in [1.29, 1.82) is 0 Å². The summed E-state index contributed by atoms with van der Waals surface area (Å²) in [5.41, 5.74) is 2.37. The lowest BCUT2D eigenvalue weighted by atomic mass is 9.71. The normalized spacial score (nSPS) is 27.4. The van der Waals surface area contributed by atoms with Gasteiger partial charge in [-0.15, -0.1) is 0 Å². The number of fused-ring (bicyclic) bond motifs is 5. The second kappa shape index (κ2) is 7.59. The van der Waals surface area contributed by atoms with Crippen molar-refractivity contribution in [3.05, 3.63) is 53.6 Å². The molecule has 1 saturated heterocycles. The fraction of sp³-hybridized carbons (Fsp3) is 0.481. The number of halogens is 1. The van der Waals surface area contributed by atoms with Gasteiger partial charge in [0.1, 0.15) is 11.5 Å². The first-order valence-electron chi connectivity index (χ1n) is 12.6. The van der Waals surface area contributed by atoms with Gasteiger partial charge < -0.3 is 10.0 Å². The van der Waals surface area contributed by atoms with Crippen molar-refractivity contribution in [2.24, 2.45) is 5.92 Å². The molecule has 9 heteroatoms. The van der Waals surface area contributed by atoms with E-state index in [4.69, 9.17) is 5.10 Å². The number of aliphatic hydroxyl groups is 1. The van der Waals surface area contributed by atoms with Crippen LogP contribution >= 0.6 is 0 Å². The van der Waals surface area contributed by atoms with Gasteiger partial charge in [0.15, 0.2) is 6.20 Å². The number of imidazole rings is 1. The first-order valence-corrected chi connectivity index (χ1v) is 12.6. The lowest BCUT2D eigenvalue weighted by Crippen LogP contribution is -2.70. The highest BCUT2D eigenvalue weighted by Gasteiger charge is 2.58. The molecule has 1 N–H and O–H groups in total. The second-order valence-corrected chi connectivity index (χ2v) is 11.3. The Morgan fingerprint density at radius 1 is 1.19 bits per heavy atom. The highest BCUT2D eigenvalue weighted by atomic mass is 19.1. The molecule has 8 nitrogen and oxygen atoms in total. The number of piperazine rings is 1. The minimum atomic E-state index is -0.768. The number of hydrogen-bond acceptors (Lipinski definition) is 4. The van der Waals surface area contributed by atoms with Gasteiger partial charge in [-0.1, -0.05) is 23.5 Å². The Morgan fingerprint density at radius 2 is 1.89 bits per heavy atom. The van der Waals surface area contributed by atoms with Crippen LogP contribution in [0.25, 0.3) is 16.9 Å². The number of carbonyl (C=O) groups is 2. The van der Waals surface area contributed by atoms with E-state index in [1.165, 1.54) is 12.1 Å². The number of rotatable bonds is 3. The molecule has 1 unspecified atom stereocenters. The molecule has 6 rings (SSSR count). The van der Waals surface area contributed by atoms with Crippen molar-refractivity contribution in [2.75, 3.05) is 19.6 Å². The van der Waals surface area contributed by atoms with Gasteiger partial charge in [-0.2, -0.15) is 4.57 Å². The lowest BCUT2D eigenvalue weighted by Gasteiger charge is -2.46. The third-order valence-corrected chi connectivity index (χ3v) is 8.09. The lowest BCUT2D eigenvalue weighted by molar-refractivity contribution is -0.749. The van der Waals surface area contributed by atoms with Crippen molar-refractivity contribution >= 4 is 17.5 Å². The smallest absolute Gasteiger partial charge is 0.313 e. The van der Waals surface area contributed by atoms with Crippen LogP contribution in [0.15, 0.2) is 36.5 Å². The Labute approximate surface area is 208 Å².